The summed E-state index contributed by atoms with van der Waals surface area (Å²) < 4.78 is 5.21. The summed E-state index contributed by atoms with van der Waals surface area (Å²) >= 11 is 0. The van der Waals surface area contributed by atoms with Crippen molar-refractivity contribution in [2.24, 2.45) is 0 Å². The van der Waals surface area contributed by atoms with E-state index in [4.69, 9.17) is 4.74 Å². The zero-order valence-electron chi connectivity index (χ0n) is 11.0. The number of benzene rings is 2. The second-order valence-corrected chi connectivity index (χ2v) is 4.48. The lowest BCUT2D eigenvalue weighted by atomic mass is 9.93. The molecule has 2 aromatic carbocycles. The standard InChI is InChI=1S/C17H17NO/c1-19-17-9-5-6-14(12-17)10-11-16(13-18)15-7-3-2-4-8-15/h2-9,12,16H,10-11H2,1H3. The van der Waals surface area contributed by atoms with Gasteiger partial charge in [0, 0.05) is 0 Å². The third-order valence-corrected chi connectivity index (χ3v) is 3.21. The molecular formula is C17H17NO. The number of methoxy groups -OCH3 is 1. The first-order valence-corrected chi connectivity index (χ1v) is 6.41. The van der Waals surface area contributed by atoms with Gasteiger partial charge in [0.25, 0.3) is 0 Å². The summed E-state index contributed by atoms with van der Waals surface area (Å²) in [4.78, 5) is 0. The average Bonchev–Trinajstić information content (AvgIpc) is 2.49. The fourth-order valence-corrected chi connectivity index (χ4v) is 2.13. The van der Waals surface area contributed by atoms with Crippen molar-refractivity contribution in [1.29, 1.82) is 5.26 Å². The number of rotatable bonds is 5. The van der Waals surface area contributed by atoms with Crippen molar-refractivity contribution in [3.05, 3.63) is 65.7 Å². The minimum absolute atomic E-state index is 0.0487. The van der Waals surface area contributed by atoms with Crippen LogP contribution >= 0.6 is 0 Å². The van der Waals surface area contributed by atoms with E-state index in [2.05, 4.69) is 12.1 Å². The minimum Gasteiger partial charge on any atom is -0.497 e. The Morgan fingerprint density at radius 3 is 2.58 bits per heavy atom. The molecule has 2 aromatic rings. The molecule has 1 unspecified atom stereocenters. The number of nitrogens with zero attached hydrogens (tertiary/aromatic N) is 1. The molecule has 0 aromatic heterocycles. The zero-order valence-corrected chi connectivity index (χ0v) is 11.0. The fraction of sp³-hybridized carbons (Fsp3) is 0.235. The molecule has 19 heavy (non-hydrogen) atoms. The Balaban J connectivity index is 2.02. The molecule has 0 aliphatic heterocycles. The second kappa shape index (κ2) is 6.61. The predicted octanol–water partition coefficient (Wildman–Crippen LogP) is 3.94. The third kappa shape index (κ3) is 3.59. The van der Waals surface area contributed by atoms with Crippen molar-refractivity contribution in [3.8, 4) is 11.8 Å². The van der Waals surface area contributed by atoms with Gasteiger partial charge in [-0.25, -0.2) is 0 Å². The van der Waals surface area contributed by atoms with E-state index in [9.17, 15) is 5.26 Å². The van der Waals surface area contributed by atoms with Crippen LogP contribution in [-0.2, 0) is 6.42 Å². The monoisotopic (exact) mass is 251 g/mol. The molecule has 0 aliphatic rings. The largest absolute Gasteiger partial charge is 0.497 e. The molecule has 2 rings (SSSR count). The smallest absolute Gasteiger partial charge is 0.119 e. The molecule has 0 radical (unpaired) electrons. The Kier molecular flexibility index (Phi) is 4.58. The summed E-state index contributed by atoms with van der Waals surface area (Å²) in [5, 5.41) is 9.28. The van der Waals surface area contributed by atoms with E-state index in [-0.39, 0.29) is 5.92 Å². The molecule has 0 N–H and O–H groups in total. The van der Waals surface area contributed by atoms with Crippen molar-refractivity contribution in [2.45, 2.75) is 18.8 Å². The van der Waals surface area contributed by atoms with Crippen LogP contribution in [0.5, 0.6) is 5.75 Å². The van der Waals surface area contributed by atoms with Crippen LogP contribution in [0.1, 0.15) is 23.5 Å². The molecular weight excluding hydrogens is 234 g/mol. The Labute approximate surface area is 114 Å². The van der Waals surface area contributed by atoms with E-state index < -0.39 is 0 Å². The highest BCUT2D eigenvalue weighted by Gasteiger charge is 2.10. The lowest BCUT2D eigenvalue weighted by Gasteiger charge is -2.10. The number of nitriles is 1. The van der Waals surface area contributed by atoms with Crippen molar-refractivity contribution >= 4 is 0 Å². The predicted molar refractivity (Wildman–Crippen MR) is 76.1 cm³/mol. The van der Waals surface area contributed by atoms with Gasteiger partial charge in [-0.15, -0.1) is 0 Å². The topological polar surface area (TPSA) is 33.0 Å². The summed E-state index contributed by atoms with van der Waals surface area (Å²) in [5.41, 5.74) is 2.29. The molecule has 0 saturated heterocycles. The summed E-state index contributed by atoms with van der Waals surface area (Å²) in [6.07, 6.45) is 1.71. The van der Waals surface area contributed by atoms with E-state index in [0.717, 1.165) is 24.2 Å². The molecule has 0 saturated carbocycles. The maximum atomic E-state index is 9.28. The number of hydrogen-bond donors (Lipinski definition) is 0. The van der Waals surface area contributed by atoms with E-state index >= 15 is 0 Å². The van der Waals surface area contributed by atoms with Crippen molar-refractivity contribution < 1.29 is 4.74 Å². The van der Waals surface area contributed by atoms with Gasteiger partial charge in [0.05, 0.1) is 19.1 Å². The summed E-state index contributed by atoms with van der Waals surface area (Å²) in [5.74, 6) is 0.818. The normalized spacial score (nSPS) is 11.6. The lowest BCUT2D eigenvalue weighted by molar-refractivity contribution is 0.414. The highest BCUT2D eigenvalue weighted by Crippen LogP contribution is 2.22. The van der Waals surface area contributed by atoms with Crippen molar-refractivity contribution in [3.63, 3.8) is 0 Å². The molecule has 0 spiro atoms. The molecule has 0 aliphatic carbocycles. The Bertz CT molecular complexity index is 557. The summed E-state index contributed by atoms with van der Waals surface area (Å²) in [6.45, 7) is 0. The lowest BCUT2D eigenvalue weighted by Crippen LogP contribution is -1.98. The molecule has 0 bridgehead atoms. The Morgan fingerprint density at radius 2 is 1.89 bits per heavy atom. The van der Waals surface area contributed by atoms with Crippen LogP contribution in [0.2, 0.25) is 0 Å². The van der Waals surface area contributed by atoms with Gasteiger partial charge in [0.2, 0.25) is 0 Å². The number of hydrogen-bond acceptors (Lipinski definition) is 2. The molecule has 0 amide bonds. The van der Waals surface area contributed by atoms with E-state index in [1.54, 1.807) is 7.11 Å². The highest BCUT2D eigenvalue weighted by molar-refractivity contribution is 5.30. The van der Waals surface area contributed by atoms with Crippen LogP contribution in [0.15, 0.2) is 54.6 Å². The minimum atomic E-state index is -0.0487. The van der Waals surface area contributed by atoms with Gasteiger partial charge in [0.1, 0.15) is 5.75 Å². The maximum Gasteiger partial charge on any atom is 0.119 e. The molecule has 2 heteroatoms. The quantitative estimate of drug-likeness (QED) is 0.806. The first-order chi connectivity index (χ1) is 9.33. The molecule has 1 atom stereocenters. The number of aryl methyl sites for hydroxylation is 1. The third-order valence-electron chi connectivity index (χ3n) is 3.21. The van der Waals surface area contributed by atoms with Crippen molar-refractivity contribution in [1.82, 2.24) is 0 Å². The number of ether oxygens (including phenoxy) is 1. The van der Waals surface area contributed by atoms with Gasteiger partial charge in [-0.2, -0.15) is 5.26 Å². The molecule has 0 fully saturated rings. The van der Waals surface area contributed by atoms with Gasteiger partial charge in [-0.3, -0.25) is 0 Å². The fourth-order valence-electron chi connectivity index (χ4n) is 2.13. The van der Waals surface area contributed by atoms with Crippen LogP contribution in [-0.4, -0.2) is 7.11 Å². The van der Waals surface area contributed by atoms with Gasteiger partial charge in [0.15, 0.2) is 0 Å². The Morgan fingerprint density at radius 1 is 1.11 bits per heavy atom. The van der Waals surface area contributed by atoms with Gasteiger partial charge >= 0.3 is 0 Å². The van der Waals surface area contributed by atoms with Crippen LogP contribution in [0.25, 0.3) is 0 Å². The highest BCUT2D eigenvalue weighted by atomic mass is 16.5. The molecule has 2 nitrogen and oxygen atoms in total. The van der Waals surface area contributed by atoms with E-state index in [1.807, 2.05) is 48.5 Å². The van der Waals surface area contributed by atoms with Crippen LogP contribution in [0.3, 0.4) is 0 Å². The van der Waals surface area contributed by atoms with Gasteiger partial charge < -0.3 is 4.74 Å². The van der Waals surface area contributed by atoms with E-state index in [1.165, 1.54) is 5.56 Å². The van der Waals surface area contributed by atoms with Crippen LogP contribution in [0.4, 0.5) is 0 Å². The molecule has 0 heterocycles. The second-order valence-electron chi connectivity index (χ2n) is 4.48. The summed E-state index contributed by atoms with van der Waals surface area (Å²) in [7, 11) is 1.67. The maximum absolute atomic E-state index is 9.28. The van der Waals surface area contributed by atoms with E-state index in [0.29, 0.717) is 0 Å². The Hall–Kier alpha value is -2.27. The van der Waals surface area contributed by atoms with Gasteiger partial charge in [-0.1, -0.05) is 42.5 Å². The summed E-state index contributed by atoms with van der Waals surface area (Å²) in [6, 6.07) is 20.4. The van der Waals surface area contributed by atoms with Crippen LogP contribution in [0, 0.1) is 11.3 Å². The first kappa shape index (κ1) is 13.2. The molecule has 96 valence electrons. The average molecular weight is 251 g/mol. The first-order valence-electron chi connectivity index (χ1n) is 6.41. The zero-order chi connectivity index (χ0) is 13.5. The van der Waals surface area contributed by atoms with Gasteiger partial charge in [-0.05, 0) is 36.1 Å². The van der Waals surface area contributed by atoms with Crippen molar-refractivity contribution in [2.75, 3.05) is 7.11 Å². The SMILES string of the molecule is COc1cccc(CCC(C#N)c2ccccc2)c1. The van der Waals surface area contributed by atoms with Crippen LogP contribution < -0.4 is 4.74 Å².